The third-order valence-corrected chi connectivity index (χ3v) is 3.38. The van der Waals surface area contributed by atoms with Crippen molar-refractivity contribution in [3.8, 4) is 0 Å². The van der Waals surface area contributed by atoms with Crippen molar-refractivity contribution in [3.63, 3.8) is 0 Å². The molecular formula is C16H18FN3S. The van der Waals surface area contributed by atoms with Gasteiger partial charge in [0.15, 0.2) is 0 Å². The van der Waals surface area contributed by atoms with Gasteiger partial charge in [0.25, 0.3) is 0 Å². The normalized spacial score (nSPS) is 10.9. The first-order valence-electron chi connectivity index (χ1n) is 6.65. The van der Waals surface area contributed by atoms with Gasteiger partial charge in [-0.1, -0.05) is 24.4 Å². The summed E-state index contributed by atoms with van der Waals surface area (Å²) in [5.74, 6) is -0.329. The topological polar surface area (TPSA) is 42.1 Å². The molecule has 1 heterocycles. The molecule has 0 atom stereocenters. The average Bonchev–Trinajstić information content (AvgIpc) is 2.40. The molecule has 0 saturated carbocycles. The predicted molar refractivity (Wildman–Crippen MR) is 86.4 cm³/mol. The Morgan fingerprint density at radius 2 is 2.05 bits per heavy atom. The Morgan fingerprint density at radius 3 is 2.71 bits per heavy atom. The van der Waals surface area contributed by atoms with E-state index in [1.807, 2.05) is 32.2 Å². The van der Waals surface area contributed by atoms with E-state index in [0.717, 1.165) is 17.0 Å². The van der Waals surface area contributed by atoms with E-state index >= 15 is 0 Å². The molecule has 110 valence electrons. The lowest BCUT2D eigenvalue weighted by atomic mass is 10.1. The molecule has 0 unspecified atom stereocenters. The number of benzene rings is 1. The number of thiocarbonyl (C=S) groups is 1. The van der Waals surface area contributed by atoms with E-state index < -0.39 is 0 Å². The molecule has 0 amide bonds. The fraction of sp³-hybridized carbons (Fsp3) is 0.250. The highest BCUT2D eigenvalue weighted by Crippen LogP contribution is 2.14. The first kappa shape index (κ1) is 15.5. The zero-order chi connectivity index (χ0) is 15.4. The lowest BCUT2D eigenvalue weighted by molar-refractivity contribution is 0.314. The van der Waals surface area contributed by atoms with Crippen LogP contribution in [0.5, 0.6) is 0 Å². The molecule has 2 N–H and O–H groups in total. The summed E-state index contributed by atoms with van der Waals surface area (Å²) < 4.78 is 13.3. The third kappa shape index (κ3) is 4.31. The molecule has 0 fully saturated rings. The van der Waals surface area contributed by atoms with Crippen LogP contribution in [0.1, 0.15) is 22.5 Å². The molecule has 1 aromatic heterocycles. The quantitative estimate of drug-likeness (QED) is 0.863. The molecule has 0 saturated heterocycles. The van der Waals surface area contributed by atoms with E-state index in [-0.39, 0.29) is 10.8 Å². The smallest absolute Gasteiger partial charge is 0.123 e. The van der Waals surface area contributed by atoms with Gasteiger partial charge in [0, 0.05) is 24.3 Å². The van der Waals surface area contributed by atoms with Crippen LogP contribution < -0.4 is 5.73 Å². The zero-order valence-electron chi connectivity index (χ0n) is 12.1. The largest absolute Gasteiger partial charge is 0.389 e. The van der Waals surface area contributed by atoms with Crippen LogP contribution in [0, 0.1) is 12.7 Å². The third-order valence-electron chi connectivity index (χ3n) is 3.16. The maximum atomic E-state index is 13.3. The van der Waals surface area contributed by atoms with Gasteiger partial charge in [0.2, 0.25) is 0 Å². The maximum Gasteiger partial charge on any atom is 0.123 e. The predicted octanol–water partition coefficient (Wildman–Crippen LogP) is 2.80. The number of hydrogen-bond donors (Lipinski definition) is 1. The molecule has 2 aromatic rings. The highest BCUT2D eigenvalue weighted by Gasteiger charge is 2.10. The van der Waals surface area contributed by atoms with Crippen molar-refractivity contribution in [2.75, 3.05) is 7.05 Å². The Labute approximate surface area is 129 Å². The van der Waals surface area contributed by atoms with Crippen molar-refractivity contribution in [2.24, 2.45) is 5.73 Å². The minimum absolute atomic E-state index is 0.214. The van der Waals surface area contributed by atoms with Crippen LogP contribution in [0.15, 0.2) is 36.4 Å². The average molecular weight is 303 g/mol. The first-order chi connectivity index (χ1) is 9.95. The summed E-state index contributed by atoms with van der Waals surface area (Å²) in [5, 5.41) is 0. The van der Waals surface area contributed by atoms with E-state index in [4.69, 9.17) is 18.0 Å². The van der Waals surface area contributed by atoms with Crippen LogP contribution in [0.3, 0.4) is 0 Å². The summed E-state index contributed by atoms with van der Waals surface area (Å²) in [6.45, 7) is 3.30. The van der Waals surface area contributed by atoms with Crippen LogP contribution in [0.25, 0.3) is 0 Å². The van der Waals surface area contributed by atoms with Crippen LogP contribution in [-0.2, 0) is 13.1 Å². The molecular weight excluding hydrogens is 285 g/mol. The number of nitrogens with zero attached hydrogens (tertiary/aromatic N) is 2. The molecule has 0 radical (unpaired) electrons. The molecule has 3 nitrogen and oxygen atoms in total. The summed E-state index contributed by atoms with van der Waals surface area (Å²) in [4.78, 5) is 6.78. The van der Waals surface area contributed by atoms with Crippen LogP contribution >= 0.6 is 12.2 Å². The number of hydrogen-bond acceptors (Lipinski definition) is 3. The van der Waals surface area contributed by atoms with Crippen molar-refractivity contribution >= 4 is 17.2 Å². The van der Waals surface area contributed by atoms with Crippen molar-refractivity contribution in [3.05, 3.63) is 64.7 Å². The molecule has 21 heavy (non-hydrogen) atoms. The number of aryl methyl sites for hydroxylation is 1. The van der Waals surface area contributed by atoms with E-state index in [9.17, 15) is 4.39 Å². The molecule has 5 heteroatoms. The zero-order valence-corrected chi connectivity index (χ0v) is 13.0. The van der Waals surface area contributed by atoms with E-state index in [2.05, 4.69) is 9.88 Å². The summed E-state index contributed by atoms with van der Waals surface area (Å²) in [7, 11) is 1.98. The summed E-state index contributed by atoms with van der Waals surface area (Å²) in [6, 6.07) is 10.5. The van der Waals surface area contributed by atoms with Crippen LogP contribution in [0.4, 0.5) is 4.39 Å². The maximum absolute atomic E-state index is 13.3. The van der Waals surface area contributed by atoms with Gasteiger partial charge in [-0.2, -0.15) is 0 Å². The fourth-order valence-corrected chi connectivity index (χ4v) is 2.42. The van der Waals surface area contributed by atoms with Gasteiger partial charge in [-0.05, 0) is 43.8 Å². The molecule has 0 bridgehead atoms. The lowest BCUT2D eigenvalue weighted by Gasteiger charge is -2.18. The van der Waals surface area contributed by atoms with Crippen molar-refractivity contribution in [1.29, 1.82) is 0 Å². The Hall–Kier alpha value is -1.85. The standard InChI is InChI=1S/C16H18FN3S/c1-11-4-3-5-14(19-11)10-20(2)9-12-6-7-13(17)8-15(12)16(18)21/h3-8H,9-10H2,1-2H3,(H2,18,21). The number of aromatic nitrogens is 1. The summed E-state index contributed by atoms with van der Waals surface area (Å²) in [6.07, 6.45) is 0. The van der Waals surface area contributed by atoms with E-state index in [0.29, 0.717) is 18.7 Å². The Morgan fingerprint density at radius 1 is 1.29 bits per heavy atom. The minimum Gasteiger partial charge on any atom is -0.389 e. The Kier molecular flexibility index (Phi) is 4.98. The Balaban J connectivity index is 2.12. The van der Waals surface area contributed by atoms with Gasteiger partial charge in [0.1, 0.15) is 10.8 Å². The van der Waals surface area contributed by atoms with Gasteiger partial charge < -0.3 is 5.73 Å². The Bertz CT molecular complexity index is 658. The number of rotatable bonds is 5. The number of nitrogens with two attached hydrogens (primary N) is 1. The van der Waals surface area contributed by atoms with Gasteiger partial charge in [0.05, 0.1) is 5.69 Å². The number of halogens is 1. The molecule has 2 rings (SSSR count). The second-order valence-corrected chi connectivity index (χ2v) is 5.55. The van der Waals surface area contributed by atoms with Gasteiger partial charge >= 0.3 is 0 Å². The highest BCUT2D eigenvalue weighted by molar-refractivity contribution is 7.80. The van der Waals surface area contributed by atoms with E-state index in [1.54, 1.807) is 6.07 Å². The molecule has 0 spiro atoms. The highest BCUT2D eigenvalue weighted by atomic mass is 32.1. The molecule has 0 aliphatic heterocycles. The first-order valence-corrected chi connectivity index (χ1v) is 7.06. The minimum atomic E-state index is -0.329. The van der Waals surface area contributed by atoms with Crippen molar-refractivity contribution in [2.45, 2.75) is 20.0 Å². The van der Waals surface area contributed by atoms with Gasteiger partial charge in [-0.25, -0.2) is 4.39 Å². The summed E-state index contributed by atoms with van der Waals surface area (Å²) >= 11 is 4.99. The molecule has 1 aromatic carbocycles. The van der Waals surface area contributed by atoms with Crippen molar-refractivity contribution < 1.29 is 4.39 Å². The monoisotopic (exact) mass is 303 g/mol. The van der Waals surface area contributed by atoms with Gasteiger partial charge in [-0.15, -0.1) is 0 Å². The second-order valence-electron chi connectivity index (χ2n) is 5.11. The summed E-state index contributed by atoms with van der Waals surface area (Å²) in [5.41, 5.74) is 9.16. The van der Waals surface area contributed by atoms with Crippen LogP contribution in [-0.4, -0.2) is 21.9 Å². The SMILES string of the molecule is Cc1cccc(CN(C)Cc2ccc(F)cc2C(N)=S)n1. The molecule has 0 aliphatic carbocycles. The fourth-order valence-electron chi connectivity index (χ4n) is 2.23. The number of pyridine rings is 1. The lowest BCUT2D eigenvalue weighted by Crippen LogP contribution is -2.21. The van der Waals surface area contributed by atoms with Crippen LogP contribution in [0.2, 0.25) is 0 Å². The van der Waals surface area contributed by atoms with Crippen molar-refractivity contribution in [1.82, 2.24) is 9.88 Å². The molecule has 0 aliphatic rings. The van der Waals surface area contributed by atoms with E-state index in [1.165, 1.54) is 12.1 Å². The van der Waals surface area contributed by atoms with Gasteiger partial charge in [-0.3, -0.25) is 9.88 Å². The second kappa shape index (κ2) is 6.74.